The molecule has 3 nitrogen and oxygen atoms in total. The van der Waals surface area contributed by atoms with Gasteiger partial charge in [-0.05, 0) is 35.7 Å². The molecule has 0 spiro atoms. The molecule has 1 heterocycles. The van der Waals surface area contributed by atoms with Crippen LogP contribution < -0.4 is 5.32 Å². The molecule has 100 valence electrons. The van der Waals surface area contributed by atoms with Crippen molar-refractivity contribution in [2.24, 2.45) is 0 Å². The van der Waals surface area contributed by atoms with Gasteiger partial charge in [-0.3, -0.25) is 4.79 Å². The van der Waals surface area contributed by atoms with Gasteiger partial charge in [0.1, 0.15) is 0 Å². The number of hydrogen-bond donors (Lipinski definition) is 1. The first kappa shape index (κ1) is 13.4. The molecule has 19 heavy (non-hydrogen) atoms. The van der Waals surface area contributed by atoms with Crippen molar-refractivity contribution >= 4 is 5.91 Å². The lowest BCUT2D eigenvalue weighted by molar-refractivity contribution is 0.0952. The molecule has 1 amide bonds. The molecule has 0 saturated carbocycles. The van der Waals surface area contributed by atoms with E-state index in [0.29, 0.717) is 12.5 Å². The van der Waals surface area contributed by atoms with Crippen molar-refractivity contribution < 1.29 is 4.79 Å². The molecule has 0 radical (unpaired) electrons. The number of carbonyl (C=O) groups is 1. The normalized spacial score (nSPS) is 10.7. The van der Waals surface area contributed by atoms with Crippen LogP contribution in [0.15, 0.2) is 48.8 Å². The van der Waals surface area contributed by atoms with Crippen LogP contribution >= 0.6 is 0 Å². The lowest BCUT2D eigenvalue weighted by atomic mass is 10.0. The number of rotatable bonds is 5. The third-order valence-electron chi connectivity index (χ3n) is 3.16. The van der Waals surface area contributed by atoms with Crippen LogP contribution in [0.4, 0.5) is 0 Å². The minimum absolute atomic E-state index is 0.0116. The standard InChI is InChI=1S/C16H20N2O/c1-13(2)14-5-7-15(8-6-14)16(19)17-9-12-18-10-3-4-11-18/h3-8,10-11,13H,9,12H2,1-2H3,(H,17,19). The first-order chi connectivity index (χ1) is 9.16. The maximum absolute atomic E-state index is 11.9. The van der Waals surface area contributed by atoms with Crippen LogP contribution in [-0.2, 0) is 6.54 Å². The Morgan fingerprint density at radius 3 is 2.37 bits per heavy atom. The van der Waals surface area contributed by atoms with Gasteiger partial charge in [-0.25, -0.2) is 0 Å². The van der Waals surface area contributed by atoms with E-state index in [1.807, 2.05) is 53.4 Å². The third kappa shape index (κ3) is 3.71. The number of carbonyl (C=O) groups excluding carboxylic acids is 1. The van der Waals surface area contributed by atoms with E-state index in [4.69, 9.17) is 0 Å². The lowest BCUT2D eigenvalue weighted by Gasteiger charge is -2.08. The molecule has 0 aliphatic rings. The first-order valence-electron chi connectivity index (χ1n) is 6.66. The van der Waals surface area contributed by atoms with Crippen LogP contribution in [0.3, 0.4) is 0 Å². The Balaban J connectivity index is 1.85. The average molecular weight is 256 g/mol. The summed E-state index contributed by atoms with van der Waals surface area (Å²) in [4.78, 5) is 11.9. The summed E-state index contributed by atoms with van der Waals surface area (Å²) >= 11 is 0. The minimum atomic E-state index is -0.0116. The van der Waals surface area contributed by atoms with Crippen molar-refractivity contribution in [1.82, 2.24) is 9.88 Å². The topological polar surface area (TPSA) is 34.0 Å². The Bertz CT molecular complexity index is 512. The van der Waals surface area contributed by atoms with Gasteiger partial charge in [0.2, 0.25) is 0 Å². The summed E-state index contributed by atoms with van der Waals surface area (Å²) in [5, 5.41) is 2.93. The van der Waals surface area contributed by atoms with Crippen molar-refractivity contribution in [3.8, 4) is 0 Å². The molecule has 0 aliphatic carbocycles. The summed E-state index contributed by atoms with van der Waals surface area (Å²) in [7, 11) is 0. The zero-order chi connectivity index (χ0) is 13.7. The summed E-state index contributed by atoms with van der Waals surface area (Å²) < 4.78 is 2.04. The Labute approximate surface area is 114 Å². The van der Waals surface area contributed by atoms with Crippen LogP contribution in [0, 0.1) is 0 Å². The highest BCUT2D eigenvalue weighted by atomic mass is 16.1. The number of nitrogens with one attached hydrogen (secondary N) is 1. The third-order valence-corrected chi connectivity index (χ3v) is 3.16. The molecule has 1 N–H and O–H groups in total. The monoisotopic (exact) mass is 256 g/mol. The van der Waals surface area contributed by atoms with Gasteiger partial charge in [-0.15, -0.1) is 0 Å². The maximum Gasteiger partial charge on any atom is 0.251 e. The highest BCUT2D eigenvalue weighted by molar-refractivity contribution is 5.94. The molecule has 0 fully saturated rings. The number of amides is 1. The molecular formula is C16H20N2O. The summed E-state index contributed by atoms with van der Waals surface area (Å²) in [6, 6.07) is 11.8. The summed E-state index contributed by atoms with van der Waals surface area (Å²) in [6.07, 6.45) is 3.98. The van der Waals surface area contributed by atoms with E-state index in [1.54, 1.807) is 0 Å². The molecular weight excluding hydrogens is 236 g/mol. The van der Waals surface area contributed by atoms with E-state index in [1.165, 1.54) is 5.56 Å². The van der Waals surface area contributed by atoms with E-state index in [9.17, 15) is 4.79 Å². The average Bonchev–Trinajstić information content (AvgIpc) is 2.92. The second-order valence-corrected chi connectivity index (χ2v) is 4.95. The molecule has 3 heteroatoms. The number of aromatic nitrogens is 1. The Morgan fingerprint density at radius 1 is 1.16 bits per heavy atom. The van der Waals surface area contributed by atoms with E-state index < -0.39 is 0 Å². The van der Waals surface area contributed by atoms with Crippen LogP contribution in [0.5, 0.6) is 0 Å². The fourth-order valence-corrected chi connectivity index (χ4v) is 1.94. The van der Waals surface area contributed by atoms with Gasteiger partial charge >= 0.3 is 0 Å². The van der Waals surface area contributed by atoms with Gasteiger partial charge in [0, 0.05) is 31.0 Å². The van der Waals surface area contributed by atoms with E-state index >= 15 is 0 Å². The summed E-state index contributed by atoms with van der Waals surface area (Å²) in [6.45, 7) is 5.72. The molecule has 2 rings (SSSR count). The van der Waals surface area contributed by atoms with Crippen LogP contribution in [0.25, 0.3) is 0 Å². The van der Waals surface area contributed by atoms with E-state index in [0.717, 1.165) is 12.1 Å². The van der Waals surface area contributed by atoms with Crippen molar-refractivity contribution in [3.05, 3.63) is 59.9 Å². The van der Waals surface area contributed by atoms with Crippen molar-refractivity contribution in [2.75, 3.05) is 6.54 Å². The predicted molar refractivity (Wildman–Crippen MR) is 77.3 cm³/mol. The summed E-state index contributed by atoms with van der Waals surface area (Å²) in [5.41, 5.74) is 1.97. The largest absolute Gasteiger partial charge is 0.353 e. The first-order valence-corrected chi connectivity index (χ1v) is 6.66. The lowest BCUT2D eigenvalue weighted by Crippen LogP contribution is -2.26. The molecule has 0 unspecified atom stereocenters. The Morgan fingerprint density at radius 2 is 1.79 bits per heavy atom. The second kappa shape index (κ2) is 6.23. The molecule has 0 saturated heterocycles. The highest BCUT2D eigenvalue weighted by Gasteiger charge is 2.05. The molecule has 1 aromatic heterocycles. The van der Waals surface area contributed by atoms with Crippen molar-refractivity contribution in [3.63, 3.8) is 0 Å². The molecule has 0 bridgehead atoms. The number of benzene rings is 1. The van der Waals surface area contributed by atoms with Crippen molar-refractivity contribution in [2.45, 2.75) is 26.3 Å². The minimum Gasteiger partial charge on any atom is -0.353 e. The molecule has 0 atom stereocenters. The highest BCUT2D eigenvalue weighted by Crippen LogP contribution is 2.14. The second-order valence-electron chi connectivity index (χ2n) is 4.95. The quantitative estimate of drug-likeness (QED) is 0.876. The molecule has 0 aliphatic heterocycles. The smallest absolute Gasteiger partial charge is 0.251 e. The van der Waals surface area contributed by atoms with Gasteiger partial charge < -0.3 is 9.88 Å². The van der Waals surface area contributed by atoms with Gasteiger partial charge in [-0.2, -0.15) is 0 Å². The molecule has 2 aromatic rings. The molecule has 1 aromatic carbocycles. The van der Waals surface area contributed by atoms with Gasteiger partial charge in [0.05, 0.1) is 0 Å². The van der Waals surface area contributed by atoms with Crippen LogP contribution in [0.1, 0.15) is 35.7 Å². The Kier molecular flexibility index (Phi) is 4.39. The van der Waals surface area contributed by atoms with Crippen LogP contribution in [0.2, 0.25) is 0 Å². The predicted octanol–water partition coefficient (Wildman–Crippen LogP) is 3.04. The zero-order valence-corrected chi connectivity index (χ0v) is 11.5. The fourth-order valence-electron chi connectivity index (χ4n) is 1.94. The number of nitrogens with zero attached hydrogens (tertiary/aromatic N) is 1. The SMILES string of the molecule is CC(C)c1ccc(C(=O)NCCn2cccc2)cc1. The van der Waals surface area contributed by atoms with Crippen LogP contribution in [-0.4, -0.2) is 17.0 Å². The van der Waals surface area contributed by atoms with E-state index in [2.05, 4.69) is 19.2 Å². The Hall–Kier alpha value is -2.03. The van der Waals surface area contributed by atoms with E-state index in [-0.39, 0.29) is 5.91 Å². The van der Waals surface area contributed by atoms with Gasteiger partial charge in [-0.1, -0.05) is 26.0 Å². The summed E-state index contributed by atoms with van der Waals surface area (Å²) in [5.74, 6) is 0.480. The van der Waals surface area contributed by atoms with Gasteiger partial charge in [0.25, 0.3) is 5.91 Å². The zero-order valence-electron chi connectivity index (χ0n) is 11.5. The maximum atomic E-state index is 11.9. The number of hydrogen-bond acceptors (Lipinski definition) is 1. The fraction of sp³-hybridized carbons (Fsp3) is 0.312. The van der Waals surface area contributed by atoms with Crippen molar-refractivity contribution in [1.29, 1.82) is 0 Å². The van der Waals surface area contributed by atoms with Gasteiger partial charge in [0.15, 0.2) is 0 Å².